The first-order chi connectivity index (χ1) is 36.5. The minimum atomic E-state index is -0.317. The van der Waals surface area contributed by atoms with Crippen LogP contribution in [0.1, 0.15) is 191 Å². The third-order valence-corrected chi connectivity index (χ3v) is 23.9. The minimum Gasteiger partial charge on any atom is -0.461 e. The summed E-state index contributed by atoms with van der Waals surface area (Å²) in [4.78, 5) is 85.2. The summed E-state index contributed by atoms with van der Waals surface area (Å²) in [7, 11) is 0. The average molecular weight is 1060 g/mol. The monoisotopic (exact) mass is 1060 g/mol. The number of aliphatic hydroxyl groups is 1. The number of ketones is 6. The Morgan fingerprint density at radius 3 is 1.12 bits per heavy atom. The Kier molecular flexibility index (Phi) is 16.2. The van der Waals surface area contributed by atoms with Gasteiger partial charge in [0.15, 0.2) is 17.3 Å². The smallest absolute Gasteiger partial charge is 0.302 e. The van der Waals surface area contributed by atoms with Crippen molar-refractivity contribution in [1.82, 2.24) is 0 Å². The highest BCUT2D eigenvalue weighted by Crippen LogP contribution is 2.68. The van der Waals surface area contributed by atoms with E-state index in [1.54, 1.807) is 18.2 Å². The van der Waals surface area contributed by atoms with E-state index >= 15 is 0 Å². The van der Waals surface area contributed by atoms with Crippen molar-refractivity contribution in [3.63, 3.8) is 0 Å². The normalized spacial score (nSPS) is 41.9. The molecule has 0 saturated heterocycles. The van der Waals surface area contributed by atoms with Gasteiger partial charge < -0.3 is 14.6 Å². The zero-order valence-electron chi connectivity index (χ0n) is 48.5. The van der Waals surface area contributed by atoms with E-state index in [2.05, 4.69) is 55.4 Å². The van der Waals surface area contributed by atoms with Gasteiger partial charge in [-0.05, 0) is 210 Å². The summed E-state index contributed by atoms with van der Waals surface area (Å²) < 4.78 is 11.0. The molecule has 12 aliphatic carbocycles. The maximum Gasteiger partial charge on any atom is 0.302 e. The fraction of sp³-hybridized carbons (Fsp3) is 0.716. The predicted octanol–water partition coefficient (Wildman–Crippen LogP) is 12.7. The minimum absolute atomic E-state index is 0.00905. The van der Waals surface area contributed by atoms with E-state index in [1.165, 1.54) is 35.6 Å². The van der Waals surface area contributed by atoms with E-state index in [-0.39, 0.29) is 69.0 Å². The van der Waals surface area contributed by atoms with E-state index < -0.39 is 0 Å². The van der Waals surface area contributed by atoms with E-state index in [9.17, 15) is 38.7 Å². The lowest BCUT2D eigenvalue weighted by atomic mass is 9.47. The van der Waals surface area contributed by atoms with Crippen LogP contribution in [-0.2, 0) is 43.0 Å². The van der Waals surface area contributed by atoms with Gasteiger partial charge in [0.05, 0.1) is 13.2 Å². The molecule has 420 valence electrons. The fourth-order valence-corrected chi connectivity index (χ4v) is 19.6. The number of aliphatic hydroxyl groups excluding tert-OH is 1. The Bertz CT molecular complexity index is 2620. The summed E-state index contributed by atoms with van der Waals surface area (Å²) in [6.07, 6.45) is 29.4. The van der Waals surface area contributed by atoms with Crippen molar-refractivity contribution in [2.45, 2.75) is 191 Å². The highest BCUT2D eigenvalue weighted by Gasteiger charge is 2.63. The lowest BCUT2D eigenvalue weighted by Crippen LogP contribution is -2.51. The number of fused-ring (bicyclic) bond motifs is 15. The Morgan fingerprint density at radius 2 is 0.792 bits per heavy atom. The summed E-state index contributed by atoms with van der Waals surface area (Å²) in [5, 5.41) is 9.88. The van der Waals surface area contributed by atoms with Gasteiger partial charge in [-0.1, -0.05) is 78.5 Å². The van der Waals surface area contributed by atoms with E-state index in [4.69, 9.17) is 9.47 Å². The van der Waals surface area contributed by atoms with E-state index in [0.717, 1.165) is 127 Å². The van der Waals surface area contributed by atoms with Gasteiger partial charge in [0.2, 0.25) is 0 Å². The molecule has 0 spiro atoms. The highest BCUT2D eigenvalue weighted by molar-refractivity contribution is 6.03. The molecule has 0 aromatic rings. The van der Waals surface area contributed by atoms with Crippen molar-refractivity contribution in [3.8, 4) is 0 Å². The molecule has 9 saturated carbocycles. The molecule has 0 radical (unpaired) electrons. The molecule has 0 aromatic heterocycles. The quantitative estimate of drug-likeness (QED) is 0.254. The Balaban J connectivity index is 0.000000137. The fourth-order valence-electron chi connectivity index (χ4n) is 19.6. The molecule has 9 fully saturated rings. The van der Waals surface area contributed by atoms with Gasteiger partial charge in [0.1, 0.15) is 24.0 Å². The summed E-state index contributed by atoms with van der Waals surface area (Å²) in [6.45, 7) is 22.4. The molecule has 10 nitrogen and oxygen atoms in total. The lowest BCUT2D eigenvalue weighted by molar-refractivity contribution is -0.141. The van der Waals surface area contributed by atoms with E-state index in [1.807, 2.05) is 25.2 Å². The van der Waals surface area contributed by atoms with Gasteiger partial charge in [-0.2, -0.15) is 0 Å². The molecule has 77 heavy (non-hydrogen) atoms. The highest BCUT2D eigenvalue weighted by atomic mass is 16.5. The summed E-state index contributed by atoms with van der Waals surface area (Å²) in [5.74, 6) is 5.79. The molecule has 0 aromatic carbocycles. The predicted molar refractivity (Wildman–Crippen MR) is 298 cm³/mol. The first kappa shape index (κ1) is 57.5. The number of carbonyl (C=O) groups is 7. The Hall–Kier alpha value is -4.15. The number of carbonyl (C=O) groups excluding carboxylic acids is 7. The molecule has 0 unspecified atom stereocenters. The van der Waals surface area contributed by atoms with Crippen molar-refractivity contribution in [3.05, 3.63) is 69.9 Å². The average Bonchev–Trinajstić information content (AvgIpc) is 4.23. The second-order valence-corrected chi connectivity index (χ2v) is 27.1. The molecule has 0 amide bonds. The molecule has 12 rings (SSSR count). The first-order valence-corrected chi connectivity index (χ1v) is 30.3. The zero-order chi connectivity index (χ0) is 55.6. The van der Waals surface area contributed by atoms with Crippen molar-refractivity contribution >= 4 is 40.7 Å². The van der Waals surface area contributed by atoms with Crippen LogP contribution in [0.4, 0.5) is 0 Å². The summed E-state index contributed by atoms with van der Waals surface area (Å²) in [6, 6.07) is 0. The number of esters is 1. The van der Waals surface area contributed by atoms with Gasteiger partial charge in [-0.15, -0.1) is 0 Å². The van der Waals surface area contributed by atoms with Crippen LogP contribution in [0.2, 0.25) is 0 Å². The summed E-state index contributed by atoms with van der Waals surface area (Å²) in [5.41, 5.74) is 5.90. The number of ether oxygens (including phenoxy) is 2. The molecule has 15 atom stereocenters. The van der Waals surface area contributed by atoms with Crippen molar-refractivity contribution < 1.29 is 48.1 Å². The molecule has 10 heteroatoms. The van der Waals surface area contributed by atoms with Gasteiger partial charge in [-0.25, -0.2) is 0 Å². The van der Waals surface area contributed by atoms with Crippen LogP contribution in [0.15, 0.2) is 69.9 Å². The Morgan fingerprint density at radius 1 is 0.468 bits per heavy atom. The molecular formula is C67H92O10. The van der Waals surface area contributed by atoms with Gasteiger partial charge in [0.25, 0.3) is 0 Å². The van der Waals surface area contributed by atoms with Crippen molar-refractivity contribution in [2.75, 3.05) is 26.4 Å². The topological polar surface area (TPSA) is 158 Å². The third kappa shape index (κ3) is 9.43. The zero-order valence-corrected chi connectivity index (χ0v) is 48.5. The standard InChI is InChI=1S/C22H28O4.C22H30O3.C20H26O3.C3H8/c1-13(23)26-12-15-11-16(24)10-14-4-5-17-18-6-7-20(25)21(18,2)9-8-19(17)22(14,15)3;1-4-25-13-15-12-16(23)11-14-5-6-17-18-7-8-20(24)21(18,2)10-9-19(17)22(14,15)3;1-19-8-7-17-15(16(19)5-6-18(19)23)4-3-12-9-14(22)10-13(11-21)20(12,17)2;1-3-2/h10-11,17-19H,4-9,12H2,1-3H3;11-12,17-19H,4-10,13H2,1-3H3;9-10,15-17,21H,3-8,11H2,1-2H3;3H2,1-2H3/t2*17-,18-,19-,21-,22+;15-,16-,17-,19-,20+;/m000./s1. The lowest BCUT2D eigenvalue weighted by Gasteiger charge is -2.57. The first-order valence-electron chi connectivity index (χ1n) is 30.3. The largest absolute Gasteiger partial charge is 0.461 e. The van der Waals surface area contributed by atoms with Crippen LogP contribution >= 0.6 is 0 Å². The third-order valence-electron chi connectivity index (χ3n) is 23.9. The second-order valence-electron chi connectivity index (χ2n) is 27.1. The van der Waals surface area contributed by atoms with Crippen LogP contribution in [0.5, 0.6) is 0 Å². The van der Waals surface area contributed by atoms with Crippen LogP contribution in [0, 0.1) is 85.8 Å². The van der Waals surface area contributed by atoms with Gasteiger partial charge in [-0.3, -0.25) is 33.6 Å². The molecule has 1 N–H and O–H groups in total. The number of allylic oxidation sites excluding steroid dienone is 9. The summed E-state index contributed by atoms with van der Waals surface area (Å²) >= 11 is 0. The van der Waals surface area contributed by atoms with E-state index in [0.29, 0.717) is 83.8 Å². The Labute approximate surface area is 460 Å². The molecule has 12 aliphatic rings. The maximum atomic E-state index is 12.5. The van der Waals surface area contributed by atoms with Crippen LogP contribution in [0.3, 0.4) is 0 Å². The van der Waals surface area contributed by atoms with Crippen molar-refractivity contribution in [2.24, 2.45) is 85.8 Å². The second kappa shape index (κ2) is 21.7. The molecule has 0 heterocycles. The molecular weight excluding hydrogens is 965 g/mol. The van der Waals surface area contributed by atoms with Crippen LogP contribution in [0.25, 0.3) is 0 Å². The maximum absolute atomic E-state index is 12.5. The van der Waals surface area contributed by atoms with Gasteiger partial charge in [0, 0.05) is 65.3 Å². The molecule has 0 aliphatic heterocycles. The number of hydrogen-bond acceptors (Lipinski definition) is 10. The molecule has 0 bridgehead atoms. The number of Topliss-reactive ketones (excluding diaryl/α,β-unsaturated/α-hetero) is 3. The van der Waals surface area contributed by atoms with Crippen LogP contribution < -0.4 is 0 Å². The van der Waals surface area contributed by atoms with Crippen LogP contribution in [-0.4, -0.2) is 72.2 Å². The SMILES string of the molecule is CC(=O)OCC1=CC(=O)C=C2CC[C@@H]3[C@H](CC[C@]4(C)C(=O)CC[C@@H]34)[C@]21C.CCC.CCOCC1=CC(=O)C=C2CC[C@@H]3[C@H](CC[C@]4(C)C(=O)CC[C@@H]34)[C@]21C.C[C@]12C(CO)=CC(=O)C=C1CC[C@@H]1[C@@H]2CC[C@]2(C)C(=O)CC[C@@H]12. The number of hydrogen-bond donors (Lipinski definition) is 1. The van der Waals surface area contributed by atoms with Gasteiger partial charge >= 0.3 is 5.97 Å². The number of rotatable bonds is 6. The van der Waals surface area contributed by atoms with Crippen molar-refractivity contribution in [1.29, 1.82) is 0 Å².